The van der Waals surface area contributed by atoms with Gasteiger partial charge in [-0.15, -0.1) is 0 Å². The molecule has 0 spiro atoms. The zero-order valence-corrected chi connectivity index (χ0v) is 11.1. The van der Waals surface area contributed by atoms with Crippen LogP contribution in [0.5, 0.6) is 11.5 Å². The van der Waals surface area contributed by atoms with Gasteiger partial charge in [0, 0.05) is 24.7 Å². The topological polar surface area (TPSA) is 44.7 Å². The highest BCUT2D eigenvalue weighted by Gasteiger charge is 2.17. The van der Waals surface area contributed by atoms with Gasteiger partial charge in [0.15, 0.2) is 11.5 Å². The van der Waals surface area contributed by atoms with Crippen LogP contribution >= 0.6 is 0 Å². The van der Waals surface area contributed by atoms with E-state index in [2.05, 4.69) is 17.3 Å². The van der Waals surface area contributed by atoms with Crippen LogP contribution in [0, 0.1) is 0 Å². The van der Waals surface area contributed by atoms with E-state index in [0.717, 1.165) is 12.1 Å². The molecule has 1 saturated heterocycles. The average Bonchev–Trinajstić information content (AvgIpc) is 2.38. The van der Waals surface area contributed by atoms with Gasteiger partial charge in [-0.1, -0.05) is 12.1 Å². The van der Waals surface area contributed by atoms with Gasteiger partial charge in [-0.3, -0.25) is 0 Å². The number of phenolic OH excluding ortho intramolecular Hbond substituents is 1. The molecule has 0 bridgehead atoms. The number of methoxy groups -OCH3 is 1. The SMILES string of the molecule is COc1cccc(CNC2CCCN(C)C2)c1O. The van der Waals surface area contributed by atoms with E-state index in [1.807, 2.05) is 12.1 Å². The lowest BCUT2D eigenvalue weighted by molar-refractivity contribution is 0.226. The van der Waals surface area contributed by atoms with Crippen molar-refractivity contribution < 1.29 is 9.84 Å². The van der Waals surface area contributed by atoms with Crippen LogP contribution in [-0.4, -0.2) is 43.3 Å². The van der Waals surface area contributed by atoms with Gasteiger partial charge in [0.25, 0.3) is 0 Å². The molecule has 0 aliphatic carbocycles. The first-order valence-electron chi connectivity index (χ1n) is 6.47. The first-order chi connectivity index (χ1) is 8.70. The molecule has 18 heavy (non-hydrogen) atoms. The molecule has 2 rings (SSSR count). The fourth-order valence-electron chi connectivity index (χ4n) is 2.46. The van der Waals surface area contributed by atoms with Crippen LogP contribution in [0.15, 0.2) is 18.2 Å². The summed E-state index contributed by atoms with van der Waals surface area (Å²) in [5.74, 6) is 0.784. The molecule has 4 heteroatoms. The van der Waals surface area contributed by atoms with Crippen molar-refractivity contribution in [3.05, 3.63) is 23.8 Å². The third-order valence-electron chi connectivity index (χ3n) is 3.51. The van der Waals surface area contributed by atoms with E-state index in [1.54, 1.807) is 13.2 Å². The second kappa shape index (κ2) is 6.07. The van der Waals surface area contributed by atoms with Crippen molar-refractivity contribution >= 4 is 0 Å². The van der Waals surface area contributed by atoms with Crippen LogP contribution in [-0.2, 0) is 6.54 Å². The normalized spacial score (nSPS) is 20.9. The van der Waals surface area contributed by atoms with E-state index in [1.165, 1.54) is 19.4 Å². The third-order valence-corrected chi connectivity index (χ3v) is 3.51. The van der Waals surface area contributed by atoms with Crippen LogP contribution in [0.25, 0.3) is 0 Å². The van der Waals surface area contributed by atoms with Gasteiger partial charge in [0.1, 0.15) is 0 Å². The minimum absolute atomic E-state index is 0.247. The molecule has 4 nitrogen and oxygen atoms in total. The summed E-state index contributed by atoms with van der Waals surface area (Å²) in [5.41, 5.74) is 0.891. The fourth-order valence-corrected chi connectivity index (χ4v) is 2.46. The van der Waals surface area contributed by atoms with Crippen LogP contribution in [0.4, 0.5) is 0 Å². The Balaban J connectivity index is 1.93. The Hall–Kier alpha value is -1.26. The van der Waals surface area contributed by atoms with Gasteiger partial charge in [0.2, 0.25) is 0 Å². The first-order valence-corrected chi connectivity index (χ1v) is 6.47. The van der Waals surface area contributed by atoms with Crippen molar-refractivity contribution in [3.63, 3.8) is 0 Å². The second-order valence-electron chi connectivity index (χ2n) is 4.95. The van der Waals surface area contributed by atoms with E-state index in [4.69, 9.17) is 4.74 Å². The summed E-state index contributed by atoms with van der Waals surface area (Å²) < 4.78 is 5.11. The van der Waals surface area contributed by atoms with Gasteiger partial charge >= 0.3 is 0 Å². The molecule has 2 N–H and O–H groups in total. The zero-order valence-electron chi connectivity index (χ0n) is 11.1. The molecule has 0 saturated carbocycles. The van der Waals surface area contributed by atoms with Gasteiger partial charge in [-0.05, 0) is 32.5 Å². The Morgan fingerprint density at radius 2 is 2.33 bits per heavy atom. The van der Waals surface area contributed by atoms with Crippen LogP contribution in [0.2, 0.25) is 0 Å². The van der Waals surface area contributed by atoms with Crippen LogP contribution in [0.3, 0.4) is 0 Å². The molecule has 1 aliphatic rings. The number of likely N-dealkylation sites (tertiary alicyclic amines) is 1. The number of nitrogens with one attached hydrogen (secondary N) is 1. The highest BCUT2D eigenvalue weighted by Crippen LogP contribution is 2.29. The molecule has 100 valence electrons. The van der Waals surface area contributed by atoms with E-state index in [-0.39, 0.29) is 5.75 Å². The molecule has 1 heterocycles. The number of ether oxygens (including phenoxy) is 1. The lowest BCUT2D eigenvalue weighted by Crippen LogP contribution is -2.43. The maximum Gasteiger partial charge on any atom is 0.162 e. The van der Waals surface area contributed by atoms with E-state index in [9.17, 15) is 5.11 Å². The number of hydrogen-bond donors (Lipinski definition) is 2. The molecule has 0 amide bonds. The molecular weight excluding hydrogens is 228 g/mol. The molecular formula is C14H22N2O2. The highest BCUT2D eigenvalue weighted by atomic mass is 16.5. The van der Waals surface area contributed by atoms with Gasteiger partial charge in [-0.2, -0.15) is 0 Å². The Morgan fingerprint density at radius 3 is 3.06 bits per heavy atom. The smallest absolute Gasteiger partial charge is 0.162 e. The van der Waals surface area contributed by atoms with Crippen molar-refractivity contribution in [1.29, 1.82) is 0 Å². The Labute approximate surface area is 109 Å². The van der Waals surface area contributed by atoms with Crippen LogP contribution < -0.4 is 10.1 Å². The van der Waals surface area contributed by atoms with Gasteiger partial charge in [-0.25, -0.2) is 0 Å². The number of aromatic hydroxyl groups is 1. The quantitative estimate of drug-likeness (QED) is 0.851. The minimum Gasteiger partial charge on any atom is -0.504 e. The third kappa shape index (κ3) is 3.15. The molecule has 0 aromatic heterocycles. The minimum atomic E-state index is 0.247. The molecule has 0 radical (unpaired) electrons. The van der Waals surface area contributed by atoms with Crippen molar-refractivity contribution in [2.75, 3.05) is 27.2 Å². The van der Waals surface area contributed by atoms with Crippen molar-refractivity contribution in [3.8, 4) is 11.5 Å². The van der Waals surface area contributed by atoms with Crippen molar-refractivity contribution in [2.24, 2.45) is 0 Å². The van der Waals surface area contributed by atoms with Crippen molar-refractivity contribution in [2.45, 2.75) is 25.4 Å². The summed E-state index contributed by atoms with van der Waals surface area (Å²) in [6.07, 6.45) is 2.44. The number of nitrogens with zero attached hydrogens (tertiary/aromatic N) is 1. The summed E-state index contributed by atoms with van der Waals surface area (Å²) in [7, 11) is 3.72. The summed E-state index contributed by atoms with van der Waals surface area (Å²) in [4.78, 5) is 2.34. The molecule has 1 aliphatic heterocycles. The number of para-hydroxylation sites is 1. The summed E-state index contributed by atoms with van der Waals surface area (Å²) in [5, 5.41) is 13.5. The standard InChI is InChI=1S/C14H22N2O2/c1-16-8-4-6-12(10-16)15-9-11-5-3-7-13(18-2)14(11)17/h3,5,7,12,15,17H,4,6,8-10H2,1-2H3. The fraction of sp³-hybridized carbons (Fsp3) is 0.571. The summed E-state index contributed by atoms with van der Waals surface area (Å²) in [6, 6.07) is 6.11. The van der Waals surface area contributed by atoms with Gasteiger partial charge < -0.3 is 20.1 Å². The van der Waals surface area contributed by atoms with E-state index < -0.39 is 0 Å². The monoisotopic (exact) mass is 250 g/mol. The number of phenols is 1. The second-order valence-corrected chi connectivity index (χ2v) is 4.95. The van der Waals surface area contributed by atoms with Crippen LogP contribution in [0.1, 0.15) is 18.4 Å². The predicted octanol–water partition coefficient (Wildman–Crippen LogP) is 1.58. The maximum absolute atomic E-state index is 9.99. The number of rotatable bonds is 4. The number of benzene rings is 1. The molecule has 1 fully saturated rings. The van der Waals surface area contributed by atoms with E-state index in [0.29, 0.717) is 18.3 Å². The Bertz CT molecular complexity index is 395. The zero-order chi connectivity index (χ0) is 13.0. The predicted molar refractivity (Wildman–Crippen MR) is 72.0 cm³/mol. The largest absolute Gasteiger partial charge is 0.504 e. The first kappa shape index (κ1) is 13.2. The van der Waals surface area contributed by atoms with Gasteiger partial charge in [0.05, 0.1) is 7.11 Å². The summed E-state index contributed by atoms with van der Waals surface area (Å²) in [6.45, 7) is 2.94. The maximum atomic E-state index is 9.99. The highest BCUT2D eigenvalue weighted by molar-refractivity contribution is 5.45. The van der Waals surface area contributed by atoms with Crippen molar-refractivity contribution in [1.82, 2.24) is 10.2 Å². The lowest BCUT2D eigenvalue weighted by Gasteiger charge is -2.30. The van der Waals surface area contributed by atoms with E-state index >= 15 is 0 Å². The lowest BCUT2D eigenvalue weighted by atomic mass is 10.1. The Kier molecular flexibility index (Phi) is 4.44. The molecule has 1 aromatic carbocycles. The average molecular weight is 250 g/mol. The summed E-state index contributed by atoms with van der Waals surface area (Å²) >= 11 is 0. The Morgan fingerprint density at radius 1 is 1.50 bits per heavy atom. The molecule has 1 atom stereocenters. The molecule has 1 aromatic rings. The number of piperidine rings is 1. The number of likely N-dealkylation sites (N-methyl/N-ethyl adjacent to an activating group) is 1. The number of hydrogen-bond acceptors (Lipinski definition) is 4. The molecule has 1 unspecified atom stereocenters.